The first-order valence-electron chi connectivity index (χ1n) is 7.13. The normalized spacial score (nSPS) is 12.0. The zero-order valence-corrected chi connectivity index (χ0v) is 13.2. The lowest BCUT2D eigenvalue weighted by Gasteiger charge is -2.15. The molecule has 0 spiro atoms. The van der Waals surface area contributed by atoms with Crippen LogP contribution in [0.2, 0.25) is 0 Å². The number of carbonyl (C=O) groups is 1. The van der Waals surface area contributed by atoms with Gasteiger partial charge in [0.2, 0.25) is 0 Å². The molecular formula is C15H25N3O3. The molecule has 0 aliphatic carbocycles. The molecule has 118 valence electrons. The minimum Gasteiger partial charge on any atom is -0.382 e. The number of hydrogen-bond acceptors (Lipinski definition) is 5. The average Bonchev–Trinajstić information content (AvgIpc) is 2.48. The maximum absolute atomic E-state index is 12.2. The number of ether oxygens (including phenoxy) is 2. The third kappa shape index (κ3) is 6.10. The van der Waals surface area contributed by atoms with Crippen LogP contribution in [-0.4, -0.2) is 50.9 Å². The van der Waals surface area contributed by atoms with E-state index in [1.54, 1.807) is 26.4 Å². The third-order valence-electron chi connectivity index (χ3n) is 2.95. The van der Waals surface area contributed by atoms with E-state index in [9.17, 15) is 4.79 Å². The summed E-state index contributed by atoms with van der Waals surface area (Å²) < 4.78 is 10.2. The van der Waals surface area contributed by atoms with Crippen LogP contribution in [-0.2, 0) is 9.47 Å². The van der Waals surface area contributed by atoms with Crippen LogP contribution in [0.1, 0.15) is 29.4 Å². The molecule has 0 saturated heterocycles. The van der Waals surface area contributed by atoms with Crippen molar-refractivity contribution in [3.05, 3.63) is 23.4 Å². The van der Waals surface area contributed by atoms with E-state index < -0.39 is 0 Å². The fourth-order valence-corrected chi connectivity index (χ4v) is 1.85. The first-order valence-corrected chi connectivity index (χ1v) is 7.13. The first kappa shape index (κ1) is 17.4. The monoisotopic (exact) mass is 295 g/mol. The van der Waals surface area contributed by atoms with Crippen molar-refractivity contribution in [1.29, 1.82) is 0 Å². The predicted octanol–water partition coefficient (Wildman–Crippen LogP) is 1.60. The topological polar surface area (TPSA) is 72.5 Å². The summed E-state index contributed by atoms with van der Waals surface area (Å²) in [7, 11) is 3.20. The van der Waals surface area contributed by atoms with Gasteiger partial charge in [-0.05, 0) is 25.5 Å². The van der Waals surface area contributed by atoms with Gasteiger partial charge in [-0.1, -0.05) is 6.92 Å². The Morgan fingerprint density at radius 2 is 2.14 bits per heavy atom. The van der Waals surface area contributed by atoms with E-state index in [-0.39, 0.29) is 12.0 Å². The second-order valence-corrected chi connectivity index (χ2v) is 4.83. The number of anilines is 1. The van der Waals surface area contributed by atoms with E-state index in [2.05, 4.69) is 22.5 Å². The average molecular weight is 295 g/mol. The molecule has 2 N–H and O–H groups in total. The quantitative estimate of drug-likeness (QED) is 0.724. The van der Waals surface area contributed by atoms with Crippen LogP contribution in [0, 0.1) is 6.92 Å². The highest BCUT2D eigenvalue weighted by molar-refractivity contribution is 5.95. The van der Waals surface area contributed by atoms with Crippen molar-refractivity contribution < 1.29 is 14.3 Å². The summed E-state index contributed by atoms with van der Waals surface area (Å²) in [4.78, 5) is 16.5. The fraction of sp³-hybridized carbons (Fsp3) is 0.600. The molecule has 0 aliphatic heterocycles. The van der Waals surface area contributed by atoms with Crippen LogP contribution >= 0.6 is 0 Å². The van der Waals surface area contributed by atoms with Gasteiger partial charge in [0.1, 0.15) is 5.82 Å². The Hall–Kier alpha value is -1.66. The molecule has 21 heavy (non-hydrogen) atoms. The van der Waals surface area contributed by atoms with Crippen molar-refractivity contribution in [3.63, 3.8) is 0 Å². The summed E-state index contributed by atoms with van der Waals surface area (Å²) in [6.07, 6.45) is 0.850. The SMILES string of the molecule is CCCNc1cc(C(=O)NCC(COC)OC)cc(C)n1. The molecule has 1 atom stereocenters. The van der Waals surface area contributed by atoms with Crippen molar-refractivity contribution in [1.82, 2.24) is 10.3 Å². The van der Waals surface area contributed by atoms with Gasteiger partial charge in [-0.25, -0.2) is 4.98 Å². The van der Waals surface area contributed by atoms with Crippen molar-refractivity contribution in [2.75, 3.05) is 39.2 Å². The second-order valence-electron chi connectivity index (χ2n) is 4.83. The first-order chi connectivity index (χ1) is 10.1. The number of hydrogen-bond donors (Lipinski definition) is 2. The molecule has 0 fully saturated rings. The lowest BCUT2D eigenvalue weighted by molar-refractivity contribution is 0.0285. The van der Waals surface area contributed by atoms with Crippen LogP contribution in [0.15, 0.2) is 12.1 Å². The van der Waals surface area contributed by atoms with Crippen molar-refractivity contribution in [3.8, 4) is 0 Å². The zero-order valence-electron chi connectivity index (χ0n) is 13.2. The van der Waals surface area contributed by atoms with Gasteiger partial charge in [0.25, 0.3) is 5.91 Å². The van der Waals surface area contributed by atoms with E-state index >= 15 is 0 Å². The number of methoxy groups -OCH3 is 2. The van der Waals surface area contributed by atoms with E-state index in [1.165, 1.54) is 0 Å². The fourth-order valence-electron chi connectivity index (χ4n) is 1.85. The number of nitrogens with one attached hydrogen (secondary N) is 2. The molecule has 1 unspecified atom stereocenters. The van der Waals surface area contributed by atoms with Gasteiger partial charge in [0, 0.05) is 38.6 Å². The molecule has 0 aliphatic rings. The molecule has 0 aromatic carbocycles. The molecule has 0 radical (unpaired) electrons. The van der Waals surface area contributed by atoms with Crippen molar-refractivity contribution in [2.24, 2.45) is 0 Å². The molecule has 1 heterocycles. The van der Waals surface area contributed by atoms with Crippen LogP contribution in [0.3, 0.4) is 0 Å². The molecule has 0 saturated carbocycles. The van der Waals surface area contributed by atoms with Crippen LogP contribution in [0.25, 0.3) is 0 Å². The van der Waals surface area contributed by atoms with E-state index in [1.807, 2.05) is 6.92 Å². The summed E-state index contributed by atoms with van der Waals surface area (Å²) in [5.41, 5.74) is 1.40. The number of carbonyl (C=O) groups excluding carboxylic acids is 1. The lowest BCUT2D eigenvalue weighted by atomic mass is 10.2. The van der Waals surface area contributed by atoms with Gasteiger partial charge >= 0.3 is 0 Å². The molecule has 1 amide bonds. The summed E-state index contributed by atoms with van der Waals surface area (Å²) >= 11 is 0. The minimum atomic E-state index is -0.153. The molecular weight excluding hydrogens is 270 g/mol. The predicted molar refractivity (Wildman–Crippen MR) is 82.8 cm³/mol. The Balaban J connectivity index is 2.66. The maximum Gasteiger partial charge on any atom is 0.251 e. The highest BCUT2D eigenvalue weighted by Gasteiger charge is 2.12. The number of amides is 1. The maximum atomic E-state index is 12.2. The van der Waals surface area contributed by atoms with Gasteiger partial charge < -0.3 is 20.1 Å². The smallest absolute Gasteiger partial charge is 0.251 e. The van der Waals surface area contributed by atoms with Crippen LogP contribution in [0.5, 0.6) is 0 Å². The van der Waals surface area contributed by atoms with Crippen molar-refractivity contribution in [2.45, 2.75) is 26.4 Å². The summed E-state index contributed by atoms with van der Waals surface area (Å²) in [5.74, 6) is 0.584. The summed E-state index contributed by atoms with van der Waals surface area (Å²) in [6.45, 7) is 5.63. The molecule has 6 nitrogen and oxygen atoms in total. The highest BCUT2D eigenvalue weighted by atomic mass is 16.5. The molecule has 0 bridgehead atoms. The van der Waals surface area contributed by atoms with E-state index in [0.717, 1.165) is 24.5 Å². The Kier molecular flexibility index (Phi) is 7.71. The molecule has 1 rings (SSSR count). The molecule has 1 aromatic rings. The minimum absolute atomic E-state index is 0.141. The van der Waals surface area contributed by atoms with Gasteiger partial charge in [-0.2, -0.15) is 0 Å². The Labute approximate surface area is 126 Å². The standard InChI is InChI=1S/C15H25N3O3/c1-5-6-16-14-8-12(7-11(2)18-14)15(19)17-9-13(21-4)10-20-3/h7-8,13H,5-6,9-10H2,1-4H3,(H,16,18)(H,17,19). The second kappa shape index (κ2) is 9.31. The molecule has 1 aromatic heterocycles. The van der Waals surface area contributed by atoms with Crippen LogP contribution < -0.4 is 10.6 Å². The van der Waals surface area contributed by atoms with Crippen LogP contribution in [0.4, 0.5) is 5.82 Å². The lowest BCUT2D eigenvalue weighted by Crippen LogP contribution is -2.35. The van der Waals surface area contributed by atoms with E-state index in [4.69, 9.17) is 9.47 Å². The third-order valence-corrected chi connectivity index (χ3v) is 2.95. The summed E-state index contributed by atoms with van der Waals surface area (Å²) in [5, 5.41) is 6.04. The van der Waals surface area contributed by atoms with E-state index in [0.29, 0.717) is 18.7 Å². The number of nitrogens with zero attached hydrogens (tertiary/aromatic N) is 1. The number of rotatable bonds is 9. The van der Waals surface area contributed by atoms with Crippen molar-refractivity contribution >= 4 is 11.7 Å². The Morgan fingerprint density at radius 1 is 1.38 bits per heavy atom. The highest BCUT2D eigenvalue weighted by Crippen LogP contribution is 2.10. The van der Waals surface area contributed by atoms with Gasteiger partial charge in [-0.3, -0.25) is 4.79 Å². The molecule has 6 heteroatoms. The van der Waals surface area contributed by atoms with Gasteiger partial charge in [0.15, 0.2) is 0 Å². The number of aryl methyl sites for hydroxylation is 1. The van der Waals surface area contributed by atoms with Gasteiger partial charge in [-0.15, -0.1) is 0 Å². The Morgan fingerprint density at radius 3 is 2.76 bits per heavy atom. The van der Waals surface area contributed by atoms with Gasteiger partial charge in [0.05, 0.1) is 12.7 Å². The Bertz CT molecular complexity index is 452. The largest absolute Gasteiger partial charge is 0.382 e. The number of aromatic nitrogens is 1. The summed E-state index contributed by atoms with van der Waals surface area (Å²) in [6, 6.07) is 3.53. The zero-order chi connectivity index (χ0) is 15.7. The number of pyridine rings is 1.